The van der Waals surface area contributed by atoms with Crippen LogP contribution >= 0.6 is 0 Å². The number of pyridine rings is 1. The number of rotatable bonds is 6. The Labute approximate surface area is 127 Å². The molecule has 0 spiro atoms. The van der Waals surface area contributed by atoms with Crippen LogP contribution in [0, 0.1) is 13.8 Å². The van der Waals surface area contributed by atoms with Crippen molar-refractivity contribution in [3.63, 3.8) is 0 Å². The van der Waals surface area contributed by atoms with Gasteiger partial charge in [-0.3, -0.25) is 4.98 Å². The van der Waals surface area contributed by atoms with Gasteiger partial charge in [0.05, 0.1) is 0 Å². The van der Waals surface area contributed by atoms with E-state index in [1.54, 1.807) is 6.20 Å². The molecule has 21 heavy (non-hydrogen) atoms. The van der Waals surface area contributed by atoms with Crippen molar-refractivity contribution in [3.05, 3.63) is 58.9 Å². The van der Waals surface area contributed by atoms with Crippen LogP contribution in [0.15, 0.2) is 36.7 Å². The lowest BCUT2D eigenvalue weighted by atomic mass is 9.97. The molecule has 3 N–H and O–H groups in total. The Morgan fingerprint density at radius 3 is 2.62 bits per heavy atom. The van der Waals surface area contributed by atoms with Gasteiger partial charge in [-0.2, -0.15) is 0 Å². The Morgan fingerprint density at radius 1 is 1.14 bits per heavy atom. The summed E-state index contributed by atoms with van der Waals surface area (Å²) >= 11 is 0. The van der Waals surface area contributed by atoms with Crippen molar-refractivity contribution in [3.8, 4) is 0 Å². The Bertz CT molecular complexity index is 593. The number of aryl methyl sites for hydroxylation is 2. The average molecular weight is 283 g/mol. The van der Waals surface area contributed by atoms with E-state index in [4.69, 9.17) is 5.73 Å². The summed E-state index contributed by atoms with van der Waals surface area (Å²) in [6, 6.07) is 8.95. The van der Waals surface area contributed by atoms with Crippen LogP contribution in [-0.2, 0) is 12.8 Å². The summed E-state index contributed by atoms with van der Waals surface area (Å²) < 4.78 is 0. The smallest absolute Gasteiger partial charge is 0.0378 e. The zero-order chi connectivity index (χ0) is 15.2. The lowest BCUT2D eigenvalue weighted by Crippen LogP contribution is -2.33. The maximum absolute atomic E-state index is 6.03. The molecule has 0 bridgehead atoms. The summed E-state index contributed by atoms with van der Waals surface area (Å²) in [6.45, 7) is 7.41. The van der Waals surface area contributed by atoms with Gasteiger partial charge in [0.1, 0.15) is 0 Å². The summed E-state index contributed by atoms with van der Waals surface area (Å²) in [5, 5.41) is 3.56. The van der Waals surface area contributed by atoms with Gasteiger partial charge < -0.3 is 11.1 Å². The molecule has 1 atom stereocenters. The van der Waals surface area contributed by atoms with Crippen molar-refractivity contribution in [1.82, 2.24) is 10.3 Å². The molecule has 1 aromatic heterocycles. The third-order valence-electron chi connectivity index (χ3n) is 3.95. The quantitative estimate of drug-likeness (QED) is 0.856. The van der Waals surface area contributed by atoms with Gasteiger partial charge in [0.15, 0.2) is 0 Å². The number of benzene rings is 1. The highest BCUT2D eigenvalue weighted by Gasteiger charge is 2.12. The molecule has 3 nitrogen and oxygen atoms in total. The third kappa shape index (κ3) is 4.30. The number of hydrogen-bond donors (Lipinski definition) is 2. The molecule has 0 radical (unpaired) electrons. The summed E-state index contributed by atoms with van der Waals surface area (Å²) in [4.78, 5) is 4.18. The molecule has 112 valence electrons. The van der Waals surface area contributed by atoms with E-state index in [1.165, 1.54) is 16.7 Å². The van der Waals surface area contributed by atoms with E-state index >= 15 is 0 Å². The Balaban J connectivity index is 2.11. The minimum atomic E-state index is 0.378. The first-order chi connectivity index (χ1) is 10.1. The molecule has 3 heteroatoms. The Morgan fingerprint density at radius 2 is 1.95 bits per heavy atom. The molecule has 0 aliphatic rings. The third-order valence-corrected chi connectivity index (χ3v) is 3.95. The standard InChI is InChI=1S/C18H25N3/c1-4-21-17(11-16-12-20-8-7-18(16)19)10-15-6-5-13(2)14(3)9-15/h5-9,12,17,21H,4,10-11H2,1-3H3,(H2,19,20). The predicted molar refractivity (Wildman–Crippen MR) is 89.4 cm³/mol. The van der Waals surface area contributed by atoms with E-state index in [-0.39, 0.29) is 0 Å². The minimum absolute atomic E-state index is 0.378. The molecule has 0 amide bonds. The highest BCUT2D eigenvalue weighted by Crippen LogP contribution is 2.16. The second-order valence-electron chi connectivity index (χ2n) is 5.66. The predicted octanol–water partition coefficient (Wildman–Crippen LogP) is 3.04. The number of hydrogen-bond acceptors (Lipinski definition) is 3. The van der Waals surface area contributed by atoms with E-state index in [9.17, 15) is 0 Å². The van der Waals surface area contributed by atoms with Crippen LogP contribution in [0.3, 0.4) is 0 Å². The van der Waals surface area contributed by atoms with Crippen LogP contribution in [0.5, 0.6) is 0 Å². The zero-order valence-electron chi connectivity index (χ0n) is 13.2. The molecular weight excluding hydrogens is 258 g/mol. The number of nitrogen functional groups attached to an aromatic ring is 1. The lowest BCUT2D eigenvalue weighted by molar-refractivity contribution is 0.521. The normalized spacial score (nSPS) is 12.3. The summed E-state index contributed by atoms with van der Waals surface area (Å²) in [5.74, 6) is 0. The van der Waals surface area contributed by atoms with Gasteiger partial charge in [0.2, 0.25) is 0 Å². The highest BCUT2D eigenvalue weighted by molar-refractivity contribution is 5.44. The first-order valence-corrected chi connectivity index (χ1v) is 7.58. The van der Waals surface area contributed by atoms with Crippen molar-refractivity contribution < 1.29 is 0 Å². The van der Waals surface area contributed by atoms with Gasteiger partial charge in [0, 0.05) is 24.1 Å². The number of nitrogens with one attached hydrogen (secondary N) is 1. The van der Waals surface area contributed by atoms with Crippen LogP contribution in [0.2, 0.25) is 0 Å². The fourth-order valence-corrected chi connectivity index (χ4v) is 2.59. The molecule has 1 heterocycles. The van der Waals surface area contributed by atoms with E-state index in [0.29, 0.717) is 6.04 Å². The molecule has 0 saturated heterocycles. The van der Waals surface area contributed by atoms with E-state index in [2.05, 4.69) is 49.3 Å². The molecule has 0 aliphatic carbocycles. The Hall–Kier alpha value is -1.87. The Kier molecular flexibility index (Phi) is 5.34. The van der Waals surface area contributed by atoms with Crippen molar-refractivity contribution in [2.75, 3.05) is 12.3 Å². The average Bonchev–Trinajstić information content (AvgIpc) is 2.46. The molecule has 0 fully saturated rings. The van der Waals surface area contributed by atoms with Gasteiger partial charge in [0.25, 0.3) is 0 Å². The van der Waals surface area contributed by atoms with Crippen LogP contribution < -0.4 is 11.1 Å². The maximum Gasteiger partial charge on any atom is 0.0378 e. The minimum Gasteiger partial charge on any atom is -0.398 e. The summed E-state index contributed by atoms with van der Waals surface area (Å²) in [7, 11) is 0. The van der Waals surface area contributed by atoms with Gasteiger partial charge >= 0.3 is 0 Å². The fourth-order valence-electron chi connectivity index (χ4n) is 2.59. The maximum atomic E-state index is 6.03. The van der Waals surface area contributed by atoms with Gasteiger partial charge in [-0.15, -0.1) is 0 Å². The summed E-state index contributed by atoms with van der Waals surface area (Å²) in [5.41, 5.74) is 12.0. The molecule has 2 rings (SSSR count). The molecule has 2 aromatic rings. The molecule has 0 saturated carbocycles. The largest absolute Gasteiger partial charge is 0.398 e. The zero-order valence-corrected chi connectivity index (χ0v) is 13.2. The van der Waals surface area contributed by atoms with Crippen molar-refractivity contribution in [2.45, 2.75) is 39.7 Å². The SMILES string of the molecule is CCNC(Cc1ccc(C)c(C)c1)Cc1cnccc1N. The molecule has 1 unspecified atom stereocenters. The molecule has 1 aromatic carbocycles. The van der Waals surface area contributed by atoms with Gasteiger partial charge in [-0.05, 0) is 61.6 Å². The fraction of sp³-hybridized carbons (Fsp3) is 0.389. The van der Waals surface area contributed by atoms with Crippen molar-refractivity contribution >= 4 is 5.69 Å². The van der Waals surface area contributed by atoms with Crippen molar-refractivity contribution in [1.29, 1.82) is 0 Å². The number of aromatic nitrogens is 1. The van der Waals surface area contributed by atoms with Gasteiger partial charge in [-0.1, -0.05) is 25.1 Å². The van der Waals surface area contributed by atoms with Crippen LogP contribution in [0.4, 0.5) is 5.69 Å². The second-order valence-corrected chi connectivity index (χ2v) is 5.66. The topological polar surface area (TPSA) is 50.9 Å². The molecular formula is C18H25N3. The van der Waals surface area contributed by atoms with Crippen LogP contribution in [0.25, 0.3) is 0 Å². The van der Waals surface area contributed by atoms with E-state index in [1.807, 2.05) is 12.3 Å². The summed E-state index contributed by atoms with van der Waals surface area (Å²) in [6.07, 6.45) is 5.52. The number of likely N-dealkylation sites (N-methyl/N-ethyl adjacent to an activating group) is 1. The van der Waals surface area contributed by atoms with E-state index < -0.39 is 0 Å². The number of nitrogens with two attached hydrogens (primary N) is 1. The van der Waals surface area contributed by atoms with Gasteiger partial charge in [-0.25, -0.2) is 0 Å². The first kappa shape index (κ1) is 15.5. The van der Waals surface area contributed by atoms with E-state index in [0.717, 1.165) is 30.6 Å². The molecule has 0 aliphatic heterocycles. The number of nitrogens with zero attached hydrogens (tertiary/aromatic N) is 1. The highest BCUT2D eigenvalue weighted by atomic mass is 14.9. The van der Waals surface area contributed by atoms with Crippen LogP contribution in [0.1, 0.15) is 29.2 Å². The number of anilines is 1. The first-order valence-electron chi connectivity index (χ1n) is 7.58. The lowest BCUT2D eigenvalue weighted by Gasteiger charge is -2.19. The monoisotopic (exact) mass is 283 g/mol. The second kappa shape index (κ2) is 7.23. The van der Waals surface area contributed by atoms with Crippen molar-refractivity contribution in [2.24, 2.45) is 0 Å². The van der Waals surface area contributed by atoms with Crippen LogP contribution in [-0.4, -0.2) is 17.6 Å².